The predicted molar refractivity (Wildman–Crippen MR) is 129 cm³/mol. The summed E-state index contributed by atoms with van der Waals surface area (Å²) >= 11 is 0. The quantitative estimate of drug-likeness (QED) is 0.200. The molecule has 1 unspecified atom stereocenters. The minimum atomic E-state index is -1.51. The molecule has 1 aromatic rings. The molecule has 1 heterocycles. The first kappa shape index (κ1) is 26.0. The van der Waals surface area contributed by atoms with Crippen LogP contribution in [-0.2, 0) is 4.79 Å². The summed E-state index contributed by atoms with van der Waals surface area (Å²) in [5, 5.41) is 1.22. The van der Waals surface area contributed by atoms with Crippen LogP contribution >= 0.6 is 0 Å². The zero-order valence-corrected chi connectivity index (χ0v) is 20.7. The van der Waals surface area contributed by atoms with Crippen LogP contribution in [-0.4, -0.2) is 14.0 Å². The molecule has 4 heteroatoms. The number of carbonyl (C=O) groups excluding carboxylic acids is 1. The molecule has 1 amide bonds. The van der Waals surface area contributed by atoms with Gasteiger partial charge in [0.25, 0.3) is 0 Å². The third-order valence-corrected chi connectivity index (χ3v) is 12.4. The second-order valence-electron chi connectivity index (χ2n) is 8.92. The van der Waals surface area contributed by atoms with Gasteiger partial charge in [-0.05, 0) is 24.0 Å². The molecule has 168 valence electrons. The average Bonchev–Trinajstić information content (AvgIpc) is 3.20. The molecule has 0 radical (unpaired) electrons. The Labute approximate surface area is 181 Å². The first-order valence-electron chi connectivity index (χ1n) is 12.4. The number of hydrogen-bond donors (Lipinski definition) is 1. The Morgan fingerprint density at radius 1 is 0.897 bits per heavy atom. The fraction of sp³-hybridized carbons (Fsp3) is 0.800. The van der Waals surface area contributed by atoms with Crippen LogP contribution in [0.2, 0.25) is 18.1 Å². The van der Waals surface area contributed by atoms with Crippen molar-refractivity contribution in [2.45, 2.75) is 129 Å². The summed E-state index contributed by atoms with van der Waals surface area (Å²) in [6.07, 6.45) is 16.8. The maximum absolute atomic E-state index is 11.6. The maximum atomic E-state index is 11.6. The van der Waals surface area contributed by atoms with Gasteiger partial charge in [-0.15, -0.1) is 0 Å². The molecule has 0 aromatic carbocycles. The Morgan fingerprint density at radius 2 is 1.41 bits per heavy atom. The highest BCUT2D eigenvalue weighted by atomic mass is 28.3. The fourth-order valence-corrected chi connectivity index (χ4v) is 7.95. The van der Waals surface area contributed by atoms with Crippen LogP contribution in [0.15, 0.2) is 16.7 Å². The Kier molecular flexibility index (Phi) is 13.3. The van der Waals surface area contributed by atoms with E-state index in [2.05, 4.69) is 33.8 Å². The van der Waals surface area contributed by atoms with Gasteiger partial charge in [-0.2, -0.15) is 0 Å². The minimum absolute atomic E-state index is 0.199. The predicted octanol–water partition coefficient (Wildman–Crippen LogP) is 7.27. The third kappa shape index (κ3) is 9.11. The molecular weight excluding hydrogens is 374 g/mol. The molecular formula is C25H47NO2Si. The van der Waals surface area contributed by atoms with Gasteiger partial charge < -0.3 is 10.2 Å². The van der Waals surface area contributed by atoms with Gasteiger partial charge in [-0.1, -0.05) is 110 Å². The van der Waals surface area contributed by atoms with Gasteiger partial charge in [0, 0.05) is 6.42 Å². The lowest BCUT2D eigenvalue weighted by atomic mass is 9.91. The van der Waals surface area contributed by atoms with E-state index in [1.807, 2.05) is 6.26 Å². The zero-order valence-electron chi connectivity index (χ0n) is 19.7. The van der Waals surface area contributed by atoms with Gasteiger partial charge in [-0.25, -0.2) is 0 Å². The molecule has 0 aliphatic heterocycles. The van der Waals surface area contributed by atoms with E-state index >= 15 is 0 Å². The van der Waals surface area contributed by atoms with Gasteiger partial charge in [0.15, 0.2) is 0 Å². The Balaban J connectivity index is 2.48. The van der Waals surface area contributed by atoms with Crippen LogP contribution in [0.25, 0.3) is 0 Å². The summed E-state index contributed by atoms with van der Waals surface area (Å²) in [7, 11) is -1.51. The lowest BCUT2D eigenvalue weighted by Gasteiger charge is -2.24. The lowest BCUT2D eigenvalue weighted by molar-refractivity contribution is -0.118. The van der Waals surface area contributed by atoms with Crippen molar-refractivity contribution in [2.24, 2.45) is 5.73 Å². The Morgan fingerprint density at radius 3 is 1.90 bits per heavy atom. The van der Waals surface area contributed by atoms with Crippen molar-refractivity contribution in [3.63, 3.8) is 0 Å². The zero-order chi connectivity index (χ0) is 21.5. The van der Waals surface area contributed by atoms with E-state index in [0.717, 1.165) is 6.42 Å². The largest absolute Gasteiger partial charge is 0.474 e. The minimum Gasteiger partial charge on any atom is -0.474 e. The summed E-state index contributed by atoms with van der Waals surface area (Å²) in [5.41, 5.74) is 6.76. The van der Waals surface area contributed by atoms with Crippen molar-refractivity contribution in [3.05, 3.63) is 17.9 Å². The molecule has 3 nitrogen and oxygen atoms in total. The molecule has 1 aromatic heterocycles. The first-order valence-corrected chi connectivity index (χ1v) is 15.0. The van der Waals surface area contributed by atoms with Crippen molar-refractivity contribution in [1.82, 2.24) is 0 Å². The van der Waals surface area contributed by atoms with Gasteiger partial charge in [-0.3, -0.25) is 4.79 Å². The topological polar surface area (TPSA) is 56.2 Å². The molecule has 0 bridgehead atoms. The first-order chi connectivity index (χ1) is 14.0. The van der Waals surface area contributed by atoms with Crippen LogP contribution < -0.4 is 11.1 Å². The molecule has 29 heavy (non-hydrogen) atoms. The van der Waals surface area contributed by atoms with E-state index in [-0.39, 0.29) is 11.8 Å². The van der Waals surface area contributed by atoms with Gasteiger partial charge in [0.2, 0.25) is 5.91 Å². The third-order valence-electron chi connectivity index (χ3n) is 7.00. The van der Waals surface area contributed by atoms with E-state index in [0.29, 0.717) is 6.42 Å². The van der Waals surface area contributed by atoms with Gasteiger partial charge in [0.05, 0.1) is 11.6 Å². The van der Waals surface area contributed by atoms with Crippen molar-refractivity contribution < 1.29 is 9.21 Å². The molecule has 1 rings (SSSR count). The molecule has 0 saturated carbocycles. The molecule has 0 spiro atoms. The van der Waals surface area contributed by atoms with Crippen LogP contribution in [0.5, 0.6) is 0 Å². The fourth-order valence-electron chi connectivity index (χ4n) is 4.62. The van der Waals surface area contributed by atoms with E-state index in [9.17, 15) is 4.79 Å². The Hall–Kier alpha value is -1.03. The number of rotatable bonds is 18. The summed E-state index contributed by atoms with van der Waals surface area (Å²) in [6.45, 7) is 9.16. The molecule has 0 aliphatic carbocycles. The van der Waals surface area contributed by atoms with Crippen LogP contribution in [0.1, 0.15) is 116 Å². The molecule has 1 atom stereocenters. The number of primary amides is 1. The second-order valence-corrected chi connectivity index (χ2v) is 14.1. The number of nitrogens with two attached hydrogens (primary N) is 1. The highest BCUT2D eigenvalue weighted by molar-refractivity contribution is 6.90. The monoisotopic (exact) mass is 421 g/mol. The molecule has 0 fully saturated rings. The van der Waals surface area contributed by atoms with Crippen molar-refractivity contribution in [2.75, 3.05) is 0 Å². The average molecular weight is 422 g/mol. The van der Waals surface area contributed by atoms with Crippen molar-refractivity contribution >= 4 is 19.4 Å². The number of furan rings is 1. The summed E-state index contributed by atoms with van der Waals surface area (Å²) < 4.78 is 6.07. The number of unbranched alkanes of at least 4 members (excludes halogenated alkanes) is 9. The van der Waals surface area contributed by atoms with E-state index in [1.165, 1.54) is 93.3 Å². The van der Waals surface area contributed by atoms with Gasteiger partial charge in [0.1, 0.15) is 8.07 Å². The van der Waals surface area contributed by atoms with Crippen LogP contribution in [0.4, 0.5) is 0 Å². The SMILES string of the molecule is CCCCCCCCCCCCC(CC(N)=O)c1coc([Si](CC)(CC)CC)c1. The van der Waals surface area contributed by atoms with E-state index < -0.39 is 8.07 Å². The number of carbonyl (C=O) groups is 1. The van der Waals surface area contributed by atoms with Crippen LogP contribution in [0, 0.1) is 0 Å². The van der Waals surface area contributed by atoms with E-state index in [4.69, 9.17) is 10.2 Å². The van der Waals surface area contributed by atoms with Crippen molar-refractivity contribution in [1.29, 1.82) is 0 Å². The number of hydrogen-bond acceptors (Lipinski definition) is 2. The van der Waals surface area contributed by atoms with E-state index in [1.54, 1.807) is 0 Å². The smallest absolute Gasteiger partial charge is 0.218 e. The molecule has 0 aliphatic rings. The van der Waals surface area contributed by atoms with Crippen LogP contribution in [0.3, 0.4) is 0 Å². The number of amides is 1. The lowest BCUT2D eigenvalue weighted by Crippen LogP contribution is -2.44. The standard InChI is InChI=1S/C25H47NO2Si/c1-5-9-10-11-12-13-14-15-16-17-18-22(19-24(26)27)23-20-25(28-21-23)29(6-2,7-3)8-4/h20-22H,5-19H2,1-4H3,(H2,26,27). The summed E-state index contributed by atoms with van der Waals surface area (Å²) in [5.74, 6) is 0.0196. The molecule has 0 saturated heterocycles. The summed E-state index contributed by atoms with van der Waals surface area (Å²) in [4.78, 5) is 11.6. The van der Waals surface area contributed by atoms with Gasteiger partial charge >= 0.3 is 0 Å². The summed E-state index contributed by atoms with van der Waals surface area (Å²) in [6, 6.07) is 5.91. The van der Waals surface area contributed by atoms with Crippen molar-refractivity contribution in [3.8, 4) is 0 Å². The second kappa shape index (κ2) is 14.9. The Bertz CT molecular complexity index is 543. The normalized spacial score (nSPS) is 13.0. The maximum Gasteiger partial charge on any atom is 0.218 e. The highest BCUT2D eigenvalue weighted by Gasteiger charge is 2.33. The highest BCUT2D eigenvalue weighted by Crippen LogP contribution is 2.29. The molecule has 2 N–H and O–H groups in total.